The zero-order valence-corrected chi connectivity index (χ0v) is 8.79. The SMILES string of the molecule is CCc1c(OC(C)C)ccnc1C. The minimum absolute atomic E-state index is 0.229. The van der Waals surface area contributed by atoms with Gasteiger partial charge in [0.2, 0.25) is 0 Å². The molecule has 0 spiro atoms. The van der Waals surface area contributed by atoms with Gasteiger partial charge in [0.05, 0.1) is 6.10 Å². The topological polar surface area (TPSA) is 22.1 Å². The lowest BCUT2D eigenvalue weighted by Crippen LogP contribution is -2.08. The highest BCUT2D eigenvalue weighted by Gasteiger charge is 2.06. The summed E-state index contributed by atoms with van der Waals surface area (Å²) < 4.78 is 5.68. The van der Waals surface area contributed by atoms with Gasteiger partial charge >= 0.3 is 0 Å². The number of ether oxygens (including phenoxy) is 1. The number of rotatable bonds is 3. The second-order valence-electron chi connectivity index (χ2n) is 3.39. The van der Waals surface area contributed by atoms with Gasteiger partial charge in [0.25, 0.3) is 0 Å². The van der Waals surface area contributed by atoms with Crippen LogP contribution in [0.2, 0.25) is 0 Å². The zero-order chi connectivity index (χ0) is 9.84. The molecular weight excluding hydrogens is 162 g/mol. The van der Waals surface area contributed by atoms with Crippen LogP contribution in [0, 0.1) is 6.92 Å². The Labute approximate surface area is 80.0 Å². The molecule has 0 saturated heterocycles. The molecule has 13 heavy (non-hydrogen) atoms. The van der Waals surface area contributed by atoms with Gasteiger partial charge in [-0.1, -0.05) is 6.92 Å². The second-order valence-corrected chi connectivity index (χ2v) is 3.39. The number of nitrogens with zero attached hydrogens (tertiary/aromatic N) is 1. The van der Waals surface area contributed by atoms with E-state index in [0.29, 0.717) is 0 Å². The molecule has 0 aromatic carbocycles. The molecule has 72 valence electrons. The first-order valence-corrected chi connectivity index (χ1v) is 4.76. The summed E-state index contributed by atoms with van der Waals surface area (Å²) in [6.45, 7) is 8.22. The lowest BCUT2D eigenvalue weighted by atomic mass is 10.1. The van der Waals surface area contributed by atoms with E-state index in [0.717, 1.165) is 17.9 Å². The van der Waals surface area contributed by atoms with Crippen molar-refractivity contribution in [3.63, 3.8) is 0 Å². The van der Waals surface area contributed by atoms with E-state index in [4.69, 9.17) is 4.74 Å². The van der Waals surface area contributed by atoms with E-state index in [1.807, 2.05) is 26.8 Å². The Balaban J connectivity index is 2.98. The van der Waals surface area contributed by atoms with Crippen LogP contribution in [0.4, 0.5) is 0 Å². The highest BCUT2D eigenvalue weighted by atomic mass is 16.5. The molecule has 2 nitrogen and oxygen atoms in total. The first-order chi connectivity index (χ1) is 6.15. The number of aromatic nitrogens is 1. The van der Waals surface area contributed by atoms with Crippen LogP contribution in [-0.4, -0.2) is 11.1 Å². The summed E-state index contributed by atoms with van der Waals surface area (Å²) in [5.41, 5.74) is 2.29. The van der Waals surface area contributed by atoms with Gasteiger partial charge in [-0.25, -0.2) is 0 Å². The van der Waals surface area contributed by atoms with Gasteiger partial charge in [-0.15, -0.1) is 0 Å². The third-order valence-electron chi connectivity index (χ3n) is 1.94. The van der Waals surface area contributed by atoms with Crippen molar-refractivity contribution in [3.05, 3.63) is 23.5 Å². The molecule has 1 rings (SSSR count). The fourth-order valence-electron chi connectivity index (χ4n) is 1.37. The third-order valence-corrected chi connectivity index (χ3v) is 1.94. The van der Waals surface area contributed by atoms with Crippen LogP contribution >= 0.6 is 0 Å². The van der Waals surface area contributed by atoms with Gasteiger partial charge in [-0.05, 0) is 33.3 Å². The molecule has 0 amide bonds. The Morgan fingerprint density at radius 2 is 2.15 bits per heavy atom. The van der Waals surface area contributed by atoms with E-state index in [1.165, 1.54) is 5.56 Å². The van der Waals surface area contributed by atoms with Crippen molar-refractivity contribution >= 4 is 0 Å². The summed E-state index contributed by atoms with van der Waals surface area (Å²) in [6.07, 6.45) is 3.00. The summed E-state index contributed by atoms with van der Waals surface area (Å²) >= 11 is 0. The van der Waals surface area contributed by atoms with Crippen LogP contribution < -0.4 is 4.74 Å². The van der Waals surface area contributed by atoms with E-state index in [9.17, 15) is 0 Å². The van der Waals surface area contributed by atoms with Gasteiger partial charge in [-0.3, -0.25) is 4.98 Å². The minimum atomic E-state index is 0.229. The van der Waals surface area contributed by atoms with Crippen molar-refractivity contribution in [2.24, 2.45) is 0 Å². The molecule has 0 atom stereocenters. The van der Waals surface area contributed by atoms with E-state index >= 15 is 0 Å². The van der Waals surface area contributed by atoms with E-state index < -0.39 is 0 Å². The van der Waals surface area contributed by atoms with Gasteiger partial charge in [0.15, 0.2) is 0 Å². The molecule has 1 aromatic rings. The predicted molar refractivity (Wildman–Crippen MR) is 54.1 cm³/mol. The first-order valence-electron chi connectivity index (χ1n) is 4.76. The molecule has 0 aliphatic carbocycles. The summed E-state index contributed by atoms with van der Waals surface area (Å²) in [5.74, 6) is 0.977. The van der Waals surface area contributed by atoms with Crippen molar-refractivity contribution in [2.75, 3.05) is 0 Å². The standard InChI is InChI=1S/C11H17NO/c1-5-10-9(4)12-7-6-11(10)13-8(2)3/h6-8H,5H2,1-4H3. The molecule has 0 saturated carbocycles. The molecule has 2 heteroatoms. The molecule has 0 fully saturated rings. The second kappa shape index (κ2) is 4.26. The maximum Gasteiger partial charge on any atom is 0.126 e. The Bertz CT molecular complexity index is 281. The van der Waals surface area contributed by atoms with Crippen molar-refractivity contribution in [1.82, 2.24) is 4.98 Å². The normalized spacial score (nSPS) is 10.5. The summed E-state index contributed by atoms with van der Waals surface area (Å²) in [4.78, 5) is 4.24. The lowest BCUT2D eigenvalue weighted by Gasteiger charge is -2.14. The van der Waals surface area contributed by atoms with Crippen LogP contribution in [0.25, 0.3) is 0 Å². The lowest BCUT2D eigenvalue weighted by molar-refractivity contribution is 0.239. The molecule has 0 unspecified atom stereocenters. The fraction of sp³-hybridized carbons (Fsp3) is 0.545. The average Bonchev–Trinajstić information content (AvgIpc) is 2.03. The number of hydrogen-bond acceptors (Lipinski definition) is 2. The third kappa shape index (κ3) is 2.44. The zero-order valence-electron chi connectivity index (χ0n) is 8.79. The highest BCUT2D eigenvalue weighted by molar-refractivity contribution is 5.35. The number of hydrogen-bond donors (Lipinski definition) is 0. The van der Waals surface area contributed by atoms with Crippen molar-refractivity contribution in [1.29, 1.82) is 0 Å². The van der Waals surface area contributed by atoms with Gasteiger partial charge in [-0.2, -0.15) is 0 Å². The quantitative estimate of drug-likeness (QED) is 0.711. The monoisotopic (exact) mass is 179 g/mol. The number of aryl methyl sites for hydroxylation is 1. The van der Waals surface area contributed by atoms with Gasteiger partial charge in [0, 0.05) is 17.5 Å². The van der Waals surface area contributed by atoms with Crippen molar-refractivity contribution in [3.8, 4) is 5.75 Å². The Morgan fingerprint density at radius 3 is 2.69 bits per heavy atom. The molecule has 1 aromatic heterocycles. The van der Waals surface area contributed by atoms with E-state index in [1.54, 1.807) is 6.20 Å². The summed E-state index contributed by atoms with van der Waals surface area (Å²) in [7, 11) is 0. The van der Waals surface area contributed by atoms with E-state index in [2.05, 4.69) is 11.9 Å². The smallest absolute Gasteiger partial charge is 0.126 e. The van der Waals surface area contributed by atoms with Gasteiger partial charge in [0.1, 0.15) is 5.75 Å². The molecule has 0 aliphatic rings. The van der Waals surface area contributed by atoms with Crippen LogP contribution in [0.3, 0.4) is 0 Å². The first kappa shape index (κ1) is 10.0. The molecule has 0 N–H and O–H groups in total. The molecular formula is C11H17NO. The predicted octanol–water partition coefficient (Wildman–Crippen LogP) is 2.74. The molecule has 0 bridgehead atoms. The van der Waals surface area contributed by atoms with Crippen LogP contribution in [-0.2, 0) is 6.42 Å². The van der Waals surface area contributed by atoms with Crippen LogP contribution in [0.1, 0.15) is 32.0 Å². The molecule has 1 heterocycles. The molecule has 0 aliphatic heterocycles. The largest absolute Gasteiger partial charge is 0.491 e. The van der Waals surface area contributed by atoms with Crippen LogP contribution in [0.5, 0.6) is 5.75 Å². The minimum Gasteiger partial charge on any atom is -0.491 e. The van der Waals surface area contributed by atoms with Crippen molar-refractivity contribution in [2.45, 2.75) is 40.2 Å². The Kier molecular flexibility index (Phi) is 3.29. The van der Waals surface area contributed by atoms with E-state index in [-0.39, 0.29) is 6.10 Å². The highest BCUT2D eigenvalue weighted by Crippen LogP contribution is 2.21. The fourth-order valence-corrected chi connectivity index (χ4v) is 1.37. The summed E-state index contributed by atoms with van der Waals surface area (Å²) in [6, 6.07) is 1.94. The van der Waals surface area contributed by atoms with Gasteiger partial charge < -0.3 is 4.74 Å². The Hall–Kier alpha value is -1.05. The van der Waals surface area contributed by atoms with Crippen molar-refractivity contribution < 1.29 is 4.74 Å². The summed E-state index contributed by atoms with van der Waals surface area (Å²) in [5, 5.41) is 0. The number of pyridine rings is 1. The Morgan fingerprint density at radius 1 is 1.46 bits per heavy atom. The van der Waals surface area contributed by atoms with Crippen LogP contribution in [0.15, 0.2) is 12.3 Å². The molecule has 0 radical (unpaired) electrons. The maximum absolute atomic E-state index is 5.68. The maximum atomic E-state index is 5.68. The average molecular weight is 179 g/mol.